The second-order valence-electron chi connectivity index (χ2n) is 7.94. The molecular weight excluding hydrogens is 428 g/mol. The lowest BCUT2D eigenvalue weighted by atomic mass is 10.1. The van der Waals surface area contributed by atoms with Crippen molar-refractivity contribution in [1.29, 1.82) is 0 Å². The molecule has 0 N–H and O–H groups in total. The fourth-order valence-corrected chi connectivity index (χ4v) is 4.19. The van der Waals surface area contributed by atoms with E-state index in [1.807, 2.05) is 11.0 Å². The number of fused-ring (bicyclic) bond motifs is 1. The number of benzene rings is 3. The molecule has 1 aromatic heterocycles. The monoisotopic (exact) mass is 449 g/mol. The van der Waals surface area contributed by atoms with Crippen LogP contribution in [0.5, 0.6) is 0 Å². The summed E-state index contributed by atoms with van der Waals surface area (Å²) >= 11 is 0. The van der Waals surface area contributed by atoms with Crippen LogP contribution in [-0.2, 0) is 6.61 Å². The van der Waals surface area contributed by atoms with Crippen LogP contribution in [0.2, 0.25) is 0 Å². The van der Waals surface area contributed by atoms with E-state index in [-0.39, 0.29) is 28.9 Å². The maximum absolute atomic E-state index is 15.1. The van der Waals surface area contributed by atoms with Gasteiger partial charge in [-0.25, -0.2) is 13.6 Å². The minimum Gasteiger partial charge on any atom is -0.401 e. The molecule has 0 saturated carbocycles. The summed E-state index contributed by atoms with van der Waals surface area (Å²) in [4.78, 5) is 34.0. The van der Waals surface area contributed by atoms with Crippen molar-refractivity contribution in [3.63, 3.8) is 0 Å². The van der Waals surface area contributed by atoms with E-state index in [1.165, 1.54) is 24.3 Å². The van der Waals surface area contributed by atoms with Gasteiger partial charge in [-0.05, 0) is 42.7 Å². The van der Waals surface area contributed by atoms with Crippen LogP contribution in [0.25, 0.3) is 16.6 Å². The zero-order chi connectivity index (χ0) is 22.9. The molecular formula is C25H21F2N3O3. The van der Waals surface area contributed by atoms with E-state index in [2.05, 4.69) is 0 Å². The number of aromatic nitrogens is 2. The average Bonchev–Trinajstić information content (AvgIpc) is 3.36. The molecule has 5 rings (SSSR count). The molecule has 0 atom stereocenters. The summed E-state index contributed by atoms with van der Waals surface area (Å²) < 4.78 is 31.5. The number of hydrogen-bond acceptors (Lipinski definition) is 4. The van der Waals surface area contributed by atoms with Gasteiger partial charge in [0, 0.05) is 13.1 Å². The van der Waals surface area contributed by atoms with Gasteiger partial charge in [0.2, 0.25) is 0 Å². The van der Waals surface area contributed by atoms with Crippen LogP contribution in [0.15, 0.2) is 76.3 Å². The van der Waals surface area contributed by atoms with Crippen molar-refractivity contribution in [2.75, 3.05) is 18.0 Å². The molecule has 6 nitrogen and oxygen atoms in total. The Labute approximate surface area is 187 Å². The van der Waals surface area contributed by atoms with Crippen LogP contribution in [0, 0.1) is 11.6 Å². The Kier molecular flexibility index (Phi) is 5.42. The summed E-state index contributed by atoms with van der Waals surface area (Å²) in [6.45, 7) is 1.28. The predicted octanol–water partition coefficient (Wildman–Crippen LogP) is 3.66. The molecule has 1 fully saturated rings. The van der Waals surface area contributed by atoms with E-state index in [0.29, 0.717) is 17.8 Å². The molecule has 0 spiro atoms. The van der Waals surface area contributed by atoms with Gasteiger partial charge in [-0.3, -0.25) is 9.36 Å². The molecule has 33 heavy (non-hydrogen) atoms. The minimum absolute atomic E-state index is 0.0523. The third-order valence-corrected chi connectivity index (χ3v) is 5.83. The normalized spacial score (nSPS) is 13.6. The smallest absolute Gasteiger partial charge is 0.369 e. The van der Waals surface area contributed by atoms with Gasteiger partial charge in [0.15, 0.2) is 0 Å². The molecule has 0 radical (unpaired) electrons. The Hall–Kier alpha value is -3.94. The summed E-state index contributed by atoms with van der Waals surface area (Å²) in [6.07, 6.45) is 1.85. The van der Waals surface area contributed by atoms with E-state index in [0.717, 1.165) is 29.0 Å². The topological polar surface area (TPSA) is 56.5 Å². The molecule has 8 heteroatoms. The van der Waals surface area contributed by atoms with Gasteiger partial charge in [-0.15, -0.1) is 0 Å². The highest BCUT2D eigenvalue weighted by Crippen LogP contribution is 2.28. The molecule has 168 valence electrons. The maximum atomic E-state index is 15.1. The van der Waals surface area contributed by atoms with Crippen molar-refractivity contribution in [2.24, 2.45) is 0 Å². The third kappa shape index (κ3) is 3.77. The highest BCUT2D eigenvalue weighted by atomic mass is 19.1. The molecule has 0 unspecified atom stereocenters. The molecule has 3 aromatic carbocycles. The number of nitrogens with zero attached hydrogens (tertiary/aromatic N) is 3. The summed E-state index contributed by atoms with van der Waals surface area (Å²) in [7, 11) is 0. The van der Waals surface area contributed by atoms with Crippen LogP contribution in [0.4, 0.5) is 14.5 Å². The van der Waals surface area contributed by atoms with Crippen LogP contribution < -0.4 is 21.0 Å². The zero-order valence-corrected chi connectivity index (χ0v) is 17.7. The summed E-state index contributed by atoms with van der Waals surface area (Å²) in [5, 5.41) is -0.0774. The lowest BCUT2D eigenvalue weighted by Gasteiger charge is -2.21. The zero-order valence-electron chi connectivity index (χ0n) is 17.7. The number of rotatable bonds is 5. The van der Waals surface area contributed by atoms with Crippen molar-refractivity contribution >= 4 is 16.6 Å². The van der Waals surface area contributed by atoms with Gasteiger partial charge < -0.3 is 9.74 Å². The van der Waals surface area contributed by atoms with Crippen molar-refractivity contribution < 1.29 is 13.6 Å². The first-order valence-corrected chi connectivity index (χ1v) is 10.7. The largest absolute Gasteiger partial charge is 0.401 e. The predicted molar refractivity (Wildman–Crippen MR) is 122 cm³/mol. The maximum Gasteiger partial charge on any atom is 0.369 e. The van der Waals surface area contributed by atoms with Crippen LogP contribution >= 0.6 is 0 Å². The highest BCUT2D eigenvalue weighted by Gasteiger charge is 2.23. The molecule has 0 bridgehead atoms. The fourth-order valence-electron chi connectivity index (χ4n) is 4.19. The standard InChI is InChI=1S/C25H21F2N3O3/c26-19-10-4-5-11-21(19)29-22-15-23(28-12-6-7-13-28)20(27)14-18(22)24(31)30(25(29)32)33-16-17-8-2-1-3-9-17/h1-5,8-11,14-15H,6-7,12-13,16H2. The fraction of sp³-hybridized carbons (Fsp3) is 0.200. The minimum atomic E-state index is -0.868. The molecule has 0 aliphatic carbocycles. The Morgan fingerprint density at radius 1 is 0.818 bits per heavy atom. The SMILES string of the molecule is O=c1c2cc(F)c(N3CCCC3)cc2n(-c2ccccc2F)c(=O)n1OCc1ccccc1. The van der Waals surface area contributed by atoms with E-state index in [4.69, 9.17) is 4.84 Å². The van der Waals surface area contributed by atoms with Crippen molar-refractivity contribution in [3.8, 4) is 5.69 Å². The molecule has 0 amide bonds. The van der Waals surface area contributed by atoms with Gasteiger partial charge in [0.1, 0.15) is 18.2 Å². The summed E-state index contributed by atoms with van der Waals surface area (Å²) in [5.74, 6) is -1.23. The van der Waals surface area contributed by atoms with E-state index in [1.54, 1.807) is 30.3 Å². The van der Waals surface area contributed by atoms with E-state index < -0.39 is 22.9 Å². The Balaban J connectivity index is 1.75. The molecule has 1 aliphatic rings. The lowest BCUT2D eigenvalue weighted by molar-refractivity contribution is 0.0789. The van der Waals surface area contributed by atoms with Gasteiger partial charge >= 0.3 is 5.69 Å². The molecule has 2 heterocycles. The highest BCUT2D eigenvalue weighted by molar-refractivity contribution is 5.84. The number of hydrogen-bond donors (Lipinski definition) is 0. The van der Waals surface area contributed by atoms with Gasteiger partial charge in [0.25, 0.3) is 5.56 Å². The Morgan fingerprint density at radius 2 is 1.52 bits per heavy atom. The number of para-hydroxylation sites is 1. The quantitative estimate of drug-likeness (QED) is 0.467. The lowest BCUT2D eigenvalue weighted by Crippen LogP contribution is -2.43. The van der Waals surface area contributed by atoms with E-state index in [9.17, 15) is 14.0 Å². The summed E-state index contributed by atoms with van der Waals surface area (Å²) in [6, 6.07) is 17.3. The van der Waals surface area contributed by atoms with Crippen molar-refractivity contribution in [2.45, 2.75) is 19.4 Å². The first-order chi connectivity index (χ1) is 16.0. The molecule has 1 saturated heterocycles. The summed E-state index contributed by atoms with van der Waals surface area (Å²) in [5.41, 5.74) is -0.580. The van der Waals surface area contributed by atoms with E-state index >= 15 is 4.39 Å². The Bertz CT molecular complexity index is 1440. The van der Waals surface area contributed by atoms with Crippen LogP contribution in [-0.4, -0.2) is 22.4 Å². The van der Waals surface area contributed by atoms with Gasteiger partial charge in [-0.1, -0.05) is 47.2 Å². The molecule has 4 aromatic rings. The van der Waals surface area contributed by atoms with Crippen molar-refractivity contribution in [3.05, 3.63) is 105 Å². The van der Waals surface area contributed by atoms with Gasteiger partial charge in [-0.2, -0.15) is 0 Å². The van der Waals surface area contributed by atoms with Crippen LogP contribution in [0.1, 0.15) is 18.4 Å². The first kappa shape index (κ1) is 20.9. The van der Waals surface area contributed by atoms with Crippen LogP contribution in [0.3, 0.4) is 0 Å². The Morgan fingerprint density at radius 3 is 2.24 bits per heavy atom. The first-order valence-electron chi connectivity index (χ1n) is 10.7. The van der Waals surface area contributed by atoms with Crippen molar-refractivity contribution in [1.82, 2.24) is 9.30 Å². The second-order valence-corrected chi connectivity index (χ2v) is 7.94. The average molecular weight is 449 g/mol. The number of anilines is 1. The van der Waals surface area contributed by atoms with Gasteiger partial charge in [0.05, 0.1) is 22.3 Å². The third-order valence-electron chi connectivity index (χ3n) is 5.83. The second kappa shape index (κ2) is 8.54. The number of halogens is 2. The molecule has 1 aliphatic heterocycles.